The number of nitrogens with one attached hydrogen (secondary N) is 3. The van der Waals surface area contributed by atoms with Gasteiger partial charge < -0.3 is 29.7 Å². The van der Waals surface area contributed by atoms with Crippen molar-refractivity contribution in [2.75, 3.05) is 63.2 Å². The van der Waals surface area contributed by atoms with E-state index in [0.717, 1.165) is 48.0 Å². The van der Waals surface area contributed by atoms with Gasteiger partial charge in [-0.2, -0.15) is 10.1 Å². The van der Waals surface area contributed by atoms with Crippen LogP contribution in [0.15, 0.2) is 55.0 Å². The van der Waals surface area contributed by atoms with Crippen LogP contribution in [0.25, 0.3) is 11.1 Å². The Morgan fingerprint density at radius 2 is 1.85 bits per heavy atom. The molecule has 10 nitrogen and oxygen atoms in total. The molecular formula is C29H36ClN8O2P. The number of methoxy groups -OCH3 is 1. The number of piperidine rings is 1. The van der Waals surface area contributed by atoms with Crippen LogP contribution in [-0.2, 0) is 4.57 Å². The summed E-state index contributed by atoms with van der Waals surface area (Å²) < 4.78 is 18.7. The van der Waals surface area contributed by atoms with E-state index in [1.54, 1.807) is 20.4 Å². The van der Waals surface area contributed by atoms with Gasteiger partial charge in [-0.1, -0.05) is 23.7 Å². The van der Waals surface area contributed by atoms with Crippen LogP contribution in [0.5, 0.6) is 5.75 Å². The van der Waals surface area contributed by atoms with Crippen LogP contribution in [0.1, 0.15) is 12.8 Å². The van der Waals surface area contributed by atoms with Gasteiger partial charge in [0.15, 0.2) is 5.82 Å². The molecule has 0 unspecified atom stereocenters. The Bertz CT molecular complexity index is 1550. The highest BCUT2D eigenvalue weighted by Crippen LogP contribution is 2.42. The summed E-state index contributed by atoms with van der Waals surface area (Å²) in [4.78, 5) is 13.8. The van der Waals surface area contributed by atoms with E-state index in [2.05, 4.69) is 60.8 Å². The number of rotatable bonds is 9. The molecule has 3 N–H and O–H groups in total. The second-order valence-electron chi connectivity index (χ2n) is 10.7. The van der Waals surface area contributed by atoms with Crippen molar-refractivity contribution in [2.24, 2.45) is 0 Å². The van der Waals surface area contributed by atoms with Gasteiger partial charge in [0.1, 0.15) is 17.9 Å². The zero-order valence-electron chi connectivity index (χ0n) is 24.0. The molecule has 1 saturated heterocycles. The predicted molar refractivity (Wildman–Crippen MR) is 169 cm³/mol. The second kappa shape index (κ2) is 12.1. The van der Waals surface area contributed by atoms with E-state index in [1.807, 2.05) is 42.7 Å². The highest BCUT2D eigenvalue weighted by atomic mass is 35.5. The normalized spacial score (nSPS) is 14.4. The van der Waals surface area contributed by atoms with E-state index in [4.69, 9.17) is 16.3 Å². The Kier molecular flexibility index (Phi) is 8.54. The molecule has 2 aromatic carbocycles. The SMILES string of the molecule is COc1cc(N2CCC(N(C)C)CC2)c(-c2cn[nH]c2)cc1Nc1ncc(Cl)c(Nc2ccccc2P(C)(C)=O)n1. The van der Waals surface area contributed by atoms with Crippen molar-refractivity contribution in [2.45, 2.75) is 18.9 Å². The van der Waals surface area contributed by atoms with Gasteiger partial charge in [-0.25, -0.2) is 4.98 Å². The number of anilines is 5. The summed E-state index contributed by atoms with van der Waals surface area (Å²) in [6.45, 7) is 5.37. The maximum atomic E-state index is 12.9. The summed E-state index contributed by atoms with van der Waals surface area (Å²) in [5, 5.41) is 14.8. The first-order valence-corrected chi connectivity index (χ1v) is 16.5. The molecule has 0 aliphatic carbocycles. The molecule has 3 heterocycles. The molecular weight excluding hydrogens is 559 g/mol. The zero-order valence-corrected chi connectivity index (χ0v) is 25.6. The van der Waals surface area contributed by atoms with E-state index in [9.17, 15) is 4.57 Å². The largest absolute Gasteiger partial charge is 0.494 e. The van der Waals surface area contributed by atoms with Crippen molar-refractivity contribution >= 4 is 52.9 Å². The monoisotopic (exact) mass is 594 g/mol. The number of halogens is 1. The Morgan fingerprint density at radius 1 is 1.10 bits per heavy atom. The van der Waals surface area contributed by atoms with E-state index < -0.39 is 7.14 Å². The van der Waals surface area contributed by atoms with Crippen molar-refractivity contribution in [3.63, 3.8) is 0 Å². The predicted octanol–water partition coefficient (Wildman–Crippen LogP) is 5.79. The number of benzene rings is 2. The summed E-state index contributed by atoms with van der Waals surface area (Å²) in [5.74, 6) is 1.40. The lowest BCUT2D eigenvalue weighted by atomic mass is 9.99. The third-order valence-corrected chi connectivity index (χ3v) is 9.22. The summed E-state index contributed by atoms with van der Waals surface area (Å²) in [6, 6.07) is 12.1. The molecule has 0 saturated carbocycles. The number of aromatic nitrogens is 4. The molecule has 1 aliphatic rings. The fraction of sp³-hybridized carbons (Fsp3) is 0.345. The molecule has 41 heavy (non-hydrogen) atoms. The van der Waals surface area contributed by atoms with Gasteiger partial charge >= 0.3 is 0 Å². The Hall–Kier alpha value is -3.59. The first kappa shape index (κ1) is 28.9. The second-order valence-corrected chi connectivity index (χ2v) is 14.3. The van der Waals surface area contributed by atoms with Gasteiger partial charge in [-0.05, 0) is 58.5 Å². The number of hydrogen-bond donors (Lipinski definition) is 3. The highest BCUT2D eigenvalue weighted by Gasteiger charge is 2.25. The Morgan fingerprint density at radius 3 is 2.51 bits per heavy atom. The molecule has 2 aromatic heterocycles. The van der Waals surface area contributed by atoms with Crippen molar-refractivity contribution < 1.29 is 9.30 Å². The topological polar surface area (TPSA) is 111 Å². The number of ether oxygens (including phenoxy) is 1. The van der Waals surface area contributed by atoms with E-state index in [1.165, 1.54) is 6.20 Å². The van der Waals surface area contributed by atoms with Crippen molar-refractivity contribution in [1.82, 2.24) is 25.1 Å². The molecule has 5 rings (SSSR count). The minimum Gasteiger partial charge on any atom is -0.494 e. The van der Waals surface area contributed by atoms with E-state index in [-0.39, 0.29) is 0 Å². The average Bonchev–Trinajstić information content (AvgIpc) is 3.49. The lowest BCUT2D eigenvalue weighted by Crippen LogP contribution is -2.42. The van der Waals surface area contributed by atoms with Crippen LogP contribution in [0.3, 0.4) is 0 Å². The number of aromatic amines is 1. The van der Waals surface area contributed by atoms with E-state index in [0.29, 0.717) is 40.0 Å². The molecule has 0 spiro atoms. The van der Waals surface area contributed by atoms with Gasteiger partial charge in [0.2, 0.25) is 5.95 Å². The average molecular weight is 595 g/mol. The first-order valence-electron chi connectivity index (χ1n) is 13.5. The Balaban J connectivity index is 1.48. The van der Waals surface area contributed by atoms with Gasteiger partial charge in [0, 0.05) is 53.5 Å². The molecule has 0 radical (unpaired) electrons. The first-order chi connectivity index (χ1) is 19.6. The van der Waals surface area contributed by atoms with E-state index >= 15 is 0 Å². The quantitative estimate of drug-likeness (QED) is 0.207. The number of nitrogens with zero attached hydrogens (tertiary/aromatic N) is 5. The summed E-state index contributed by atoms with van der Waals surface area (Å²) >= 11 is 6.48. The lowest BCUT2D eigenvalue weighted by Gasteiger charge is -2.37. The third-order valence-electron chi connectivity index (χ3n) is 7.39. The van der Waals surface area contributed by atoms with Crippen molar-refractivity contribution in [3.05, 3.63) is 60.0 Å². The molecule has 0 amide bonds. The van der Waals surface area contributed by atoms with Crippen LogP contribution in [0.2, 0.25) is 5.02 Å². The van der Waals surface area contributed by atoms with Crippen LogP contribution in [0, 0.1) is 0 Å². The molecule has 4 aromatic rings. The molecule has 1 aliphatic heterocycles. The number of H-pyrrole nitrogens is 1. The maximum Gasteiger partial charge on any atom is 0.229 e. The Labute approximate surface area is 245 Å². The summed E-state index contributed by atoms with van der Waals surface area (Å²) in [5.41, 5.74) is 4.48. The maximum absolute atomic E-state index is 12.9. The molecule has 0 atom stereocenters. The van der Waals surface area contributed by atoms with Crippen LogP contribution in [-0.4, -0.2) is 78.7 Å². The lowest BCUT2D eigenvalue weighted by molar-refractivity contribution is 0.249. The van der Waals surface area contributed by atoms with Gasteiger partial charge in [-0.15, -0.1) is 0 Å². The molecule has 216 valence electrons. The smallest absolute Gasteiger partial charge is 0.229 e. The number of para-hydroxylation sites is 1. The standard InChI is InChI=1S/C29H36ClN8O2P/c1-37(2)20-10-12-38(13-11-20)25-15-26(40-3)24(14-21(25)19-16-32-33-17-19)35-29-31-18-22(30)28(36-29)34-23-8-6-7-9-27(23)41(4,5)39/h6-9,14-18,20H,10-13H2,1-5H3,(H,32,33)(H2,31,34,35,36). The summed E-state index contributed by atoms with van der Waals surface area (Å²) in [6.07, 6.45) is 7.42. The number of hydrogen-bond acceptors (Lipinski definition) is 9. The third kappa shape index (κ3) is 6.50. The fourth-order valence-electron chi connectivity index (χ4n) is 5.16. The molecule has 0 bridgehead atoms. The van der Waals surface area contributed by atoms with Crippen LogP contribution >= 0.6 is 18.7 Å². The van der Waals surface area contributed by atoms with Gasteiger partial charge in [0.05, 0.1) is 30.9 Å². The molecule has 12 heteroatoms. The van der Waals surface area contributed by atoms with Crippen molar-refractivity contribution in [1.29, 1.82) is 0 Å². The minimum absolute atomic E-state index is 0.335. The van der Waals surface area contributed by atoms with Gasteiger partial charge in [-0.3, -0.25) is 5.10 Å². The zero-order chi connectivity index (χ0) is 29.1. The fourth-order valence-corrected chi connectivity index (χ4v) is 6.46. The van der Waals surface area contributed by atoms with Crippen LogP contribution in [0.4, 0.5) is 28.8 Å². The summed E-state index contributed by atoms with van der Waals surface area (Å²) in [7, 11) is 3.41. The minimum atomic E-state index is -2.54. The highest BCUT2D eigenvalue weighted by molar-refractivity contribution is 7.70. The molecule has 1 fully saturated rings. The van der Waals surface area contributed by atoms with Gasteiger partial charge in [0.25, 0.3) is 0 Å². The van der Waals surface area contributed by atoms with Crippen LogP contribution < -0.4 is 25.6 Å². The van der Waals surface area contributed by atoms with Crippen molar-refractivity contribution in [3.8, 4) is 16.9 Å².